The number of fused-ring (bicyclic) bond motifs is 1. The van der Waals surface area contributed by atoms with Crippen molar-refractivity contribution in [2.24, 2.45) is 16.0 Å². The standard InChI is InChI=1S/C10H10N4O4S.C6H4/c1-6-9(12-11)10(15)14(13-6)7-2-4-8(5-3-7)19(16,17)18;1-2-6-4-3-5(1)6/h2-5H,11H2,1H3,(H,16,17,18);1-4H. The molecule has 1 heterocycles. The first-order valence-electron chi connectivity index (χ1n) is 7.17. The van der Waals surface area contributed by atoms with E-state index in [9.17, 15) is 13.2 Å². The number of carbonyl (C=O) groups excluding carboxylic acids is 1. The van der Waals surface area contributed by atoms with Crippen LogP contribution in [0.3, 0.4) is 0 Å². The van der Waals surface area contributed by atoms with E-state index in [1.54, 1.807) is 6.92 Å². The van der Waals surface area contributed by atoms with Gasteiger partial charge in [0.25, 0.3) is 10.1 Å². The molecule has 0 radical (unpaired) electrons. The second-order valence-corrected chi connectivity index (χ2v) is 6.75. The maximum Gasteiger partial charge on any atom is 0.301 e. The molecule has 8 nitrogen and oxygen atoms in total. The largest absolute Gasteiger partial charge is 0.322 e. The number of anilines is 1. The summed E-state index contributed by atoms with van der Waals surface area (Å²) < 4.78 is 30.6. The molecule has 3 N–H and O–H groups in total. The van der Waals surface area contributed by atoms with Crippen molar-refractivity contribution in [2.75, 3.05) is 5.01 Å². The Balaban J connectivity index is 0.000000250. The molecule has 0 spiro atoms. The van der Waals surface area contributed by atoms with Crippen molar-refractivity contribution in [3.05, 3.63) is 48.5 Å². The fourth-order valence-corrected chi connectivity index (χ4v) is 2.72. The predicted octanol–water partition coefficient (Wildman–Crippen LogP) is 1.64. The second kappa shape index (κ2) is 6.11. The molecule has 4 rings (SSSR count). The molecule has 0 saturated carbocycles. The van der Waals surface area contributed by atoms with Crippen LogP contribution in [0.2, 0.25) is 0 Å². The topological polar surface area (TPSA) is 125 Å². The van der Waals surface area contributed by atoms with Gasteiger partial charge in [-0.1, -0.05) is 24.3 Å². The summed E-state index contributed by atoms with van der Waals surface area (Å²) >= 11 is 0. The van der Waals surface area contributed by atoms with Gasteiger partial charge in [-0.25, -0.2) is 0 Å². The minimum Gasteiger partial charge on any atom is -0.322 e. The van der Waals surface area contributed by atoms with Crippen LogP contribution in [0.5, 0.6) is 0 Å². The van der Waals surface area contributed by atoms with Crippen molar-refractivity contribution in [3.63, 3.8) is 0 Å². The van der Waals surface area contributed by atoms with Crippen LogP contribution in [0.1, 0.15) is 6.92 Å². The first-order chi connectivity index (χ1) is 11.8. The van der Waals surface area contributed by atoms with Crippen LogP contribution in [0, 0.1) is 0 Å². The molecule has 0 aromatic heterocycles. The van der Waals surface area contributed by atoms with Crippen LogP contribution in [0.25, 0.3) is 11.1 Å². The normalized spacial score (nSPS) is 16.4. The first kappa shape index (κ1) is 16.8. The molecule has 1 aromatic carbocycles. The molecule has 0 unspecified atom stereocenters. The first-order valence-corrected chi connectivity index (χ1v) is 8.61. The highest BCUT2D eigenvalue weighted by atomic mass is 32.2. The molecule has 25 heavy (non-hydrogen) atoms. The van der Waals surface area contributed by atoms with E-state index in [1.807, 2.05) is 0 Å². The molecular formula is C16H14N4O4S. The van der Waals surface area contributed by atoms with Crippen LogP contribution in [-0.2, 0) is 14.9 Å². The van der Waals surface area contributed by atoms with Gasteiger partial charge >= 0.3 is 5.91 Å². The van der Waals surface area contributed by atoms with Crippen LogP contribution in [-0.4, -0.2) is 30.3 Å². The fourth-order valence-electron chi connectivity index (χ4n) is 2.24. The number of nitrogens with two attached hydrogens (primary N) is 1. The van der Waals surface area contributed by atoms with Crippen molar-refractivity contribution in [1.29, 1.82) is 0 Å². The van der Waals surface area contributed by atoms with Crippen LogP contribution >= 0.6 is 0 Å². The van der Waals surface area contributed by atoms with Gasteiger partial charge in [0.2, 0.25) is 0 Å². The van der Waals surface area contributed by atoms with E-state index in [4.69, 9.17) is 10.4 Å². The van der Waals surface area contributed by atoms with E-state index in [1.165, 1.54) is 35.4 Å². The summed E-state index contributed by atoms with van der Waals surface area (Å²) in [6.07, 6.45) is 0. The summed E-state index contributed by atoms with van der Waals surface area (Å²) in [5, 5.41) is 8.35. The highest BCUT2D eigenvalue weighted by molar-refractivity contribution is 7.85. The van der Waals surface area contributed by atoms with Crippen LogP contribution in [0.15, 0.2) is 63.6 Å². The van der Waals surface area contributed by atoms with Crippen LogP contribution < -0.4 is 10.9 Å². The van der Waals surface area contributed by atoms with Gasteiger partial charge in [-0.15, -0.1) is 0 Å². The van der Waals surface area contributed by atoms with Crippen molar-refractivity contribution < 1.29 is 17.8 Å². The highest BCUT2D eigenvalue weighted by Gasteiger charge is 2.30. The fraction of sp³-hybridized carbons (Fsp3) is 0.0625. The zero-order valence-corrected chi connectivity index (χ0v) is 13.9. The van der Waals surface area contributed by atoms with Crippen molar-refractivity contribution in [1.82, 2.24) is 0 Å². The molecular weight excluding hydrogens is 344 g/mol. The number of amides is 1. The lowest BCUT2D eigenvalue weighted by Gasteiger charge is -2.11. The van der Waals surface area contributed by atoms with E-state index in [0.717, 1.165) is 5.01 Å². The van der Waals surface area contributed by atoms with E-state index in [-0.39, 0.29) is 10.6 Å². The van der Waals surface area contributed by atoms with E-state index in [2.05, 4.69) is 34.5 Å². The maximum atomic E-state index is 11.9. The number of carbonyl (C=O) groups is 1. The van der Waals surface area contributed by atoms with Crippen molar-refractivity contribution in [3.8, 4) is 11.1 Å². The van der Waals surface area contributed by atoms with Crippen LogP contribution in [0.4, 0.5) is 5.69 Å². The number of hydrogen-bond acceptors (Lipinski definition) is 6. The average Bonchev–Trinajstić information content (AvgIpc) is 2.84. The molecule has 1 aliphatic heterocycles. The second-order valence-electron chi connectivity index (χ2n) is 5.33. The van der Waals surface area contributed by atoms with Gasteiger partial charge in [-0.05, 0) is 42.3 Å². The molecule has 128 valence electrons. The Morgan fingerprint density at radius 2 is 1.56 bits per heavy atom. The Bertz CT molecular complexity index is 972. The Hall–Kier alpha value is -3.04. The van der Waals surface area contributed by atoms with Gasteiger partial charge < -0.3 is 5.84 Å². The third-order valence-corrected chi connectivity index (χ3v) is 4.58. The molecule has 0 bridgehead atoms. The lowest BCUT2D eigenvalue weighted by atomic mass is 9.95. The zero-order chi connectivity index (χ0) is 18.2. The Morgan fingerprint density at radius 3 is 1.88 bits per heavy atom. The molecule has 0 saturated heterocycles. The predicted molar refractivity (Wildman–Crippen MR) is 93.9 cm³/mol. The summed E-state index contributed by atoms with van der Waals surface area (Å²) in [4.78, 5) is 11.6. The quantitative estimate of drug-likeness (QED) is 0.409. The van der Waals surface area contributed by atoms with E-state index in [0.29, 0.717) is 11.4 Å². The van der Waals surface area contributed by atoms with Gasteiger partial charge in [0.1, 0.15) is 0 Å². The zero-order valence-electron chi connectivity index (χ0n) is 13.1. The van der Waals surface area contributed by atoms with E-state index >= 15 is 0 Å². The van der Waals surface area contributed by atoms with Gasteiger partial charge in [-0.2, -0.15) is 23.6 Å². The summed E-state index contributed by atoms with van der Waals surface area (Å²) in [7, 11) is -4.27. The Kier molecular flexibility index (Phi) is 4.11. The molecule has 2 aliphatic carbocycles. The van der Waals surface area contributed by atoms with E-state index < -0.39 is 16.0 Å². The smallest absolute Gasteiger partial charge is 0.301 e. The summed E-state index contributed by atoms with van der Waals surface area (Å²) in [5.74, 6) is 4.58. The molecule has 0 atom stereocenters. The SMILES string of the molecule is CC1=NN(c2ccc(S(=O)(=O)O)cc2)C(=O)C1=NN.c1cc2ccc1-2. The maximum absolute atomic E-state index is 11.9. The number of benzene rings is 2. The van der Waals surface area contributed by atoms with Crippen molar-refractivity contribution >= 4 is 33.1 Å². The molecule has 1 amide bonds. The molecule has 1 aromatic rings. The minimum absolute atomic E-state index is 0.0406. The minimum atomic E-state index is -4.27. The number of nitrogens with zero attached hydrogens (tertiary/aromatic N) is 3. The lowest BCUT2D eigenvalue weighted by Crippen LogP contribution is -2.28. The summed E-state index contributed by atoms with van der Waals surface area (Å²) in [6.45, 7) is 1.58. The Morgan fingerprint density at radius 1 is 1.04 bits per heavy atom. The van der Waals surface area contributed by atoms with Gasteiger partial charge in [-0.3, -0.25) is 9.35 Å². The lowest BCUT2D eigenvalue weighted by molar-refractivity contribution is -0.112. The summed E-state index contributed by atoms with van der Waals surface area (Å²) in [5.41, 5.74) is 3.60. The third kappa shape index (κ3) is 3.14. The number of rotatable bonds is 2. The number of hydrazone groups is 2. The third-order valence-electron chi connectivity index (χ3n) is 3.71. The summed E-state index contributed by atoms with van der Waals surface area (Å²) in [6, 6.07) is 13.5. The highest BCUT2D eigenvalue weighted by Crippen LogP contribution is 2.29. The monoisotopic (exact) mass is 358 g/mol. The average molecular weight is 358 g/mol. The molecule has 0 fully saturated rings. The van der Waals surface area contributed by atoms with Gasteiger partial charge in [0, 0.05) is 0 Å². The van der Waals surface area contributed by atoms with Gasteiger partial charge in [0.05, 0.1) is 16.3 Å². The molecule has 9 heteroatoms. The van der Waals surface area contributed by atoms with Crippen molar-refractivity contribution in [2.45, 2.75) is 11.8 Å². The Labute approximate surface area is 144 Å². The molecule has 3 aliphatic rings. The van der Waals surface area contributed by atoms with Gasteiger partial charge in [0.15, 0.2) is 5.71 Å². The number of hydrogen-bond donors (Lipinski definition) is 2.